The van der Waals surface area contributed by atoms with Gasteiger partial charge in [-0.1, -0.05) is 51.3 Å². The molecule has 0 unspecified atom stereocenters. The van der Waals surface area contributed by atoms with Gasteiger partial charge in [0.15, 0.2) is 0 Å². The molecule has 0 amide bonds. The quantitative estimate of drug-likeness (QED) is 0.582. The molecule has 0 saturated heterocycles. The molecule has 0 aromatic carbocycles. The second kappa shape index (κ2) is 8.09. The molecule has 0 spiro atoms. The maximum atomic E-state index is 4.24. The zero-order valence-corrected chi connectivity index (χ0v) is 10.4. The standard InChI is InChI=1S/C15H23N/c1-3-4-5-6-7-10-15-11-13-16-12-8-9-14(15)2/h8-9,11,13H,2-7,10,12H2,1H3/b9-8-,15-11?,16-13?. The van der Waals surface area contributed by atoms with Gasteiger partial charge in [0.05, 0.1) is 6.54 Å². The van der Waals surface area contributed by atoms with Gasteiger partial charge in [-0.3, -0.25) is 4.99 Å². The van der Waals surface area contributed by atoms with Crippen LogP contribution >= 0.6 is 0 Å². The molecular formula is C15H23N. The van der Waals surface area contributed by atoms with Crippen LogP contribution < -0.4 is 0 Å². The second-order valence-corrected chi connectivity index (χ2v) is 4.30. The van der Waals surface area contributed by atoms with E-state index in [0.717, 1.165) is 18.5 Å². The lowest BCUT2D eigenvalue weighted by Gasteiger charge is -2.08. The van der Waals surface area contributed by atoms with Crippen molar-refractivity contribution in [2.45, 2.75) is 45.4 Å². The normalized spacial score (nSPS) is 17.8. The third-order valence-corrected chi connectivity index (χ3v) is 2.87. The minimum atomic E-state index is 0.777. The zero-order valence-electron chi connectivity index (χ0n) is 10.4. The molecule has 0 radical (unpaired) electrons. The summed E-state index contributed by atoms with van der Waals surface area (Å²) in [6.07, 6.45) is 16.0. The summed E-state index contributed by atoms with van der Waals surface area (Å²) in [5, 5.41) is 0. The maximum Gasteiger partial charge on any atom is 0.0573 e. The molecule has 1 heteroatoms. The molecule has 1 nitrogen and oxygen atoms in total. The SMILES string of the molecule is C=C1/C=C\CN=CC=C1CCCCCCC. The van der Waals surface area contributed by atoms with Crippen LogP contribution in [0.4, 0.5) is 0 Å². The Morgan fingerprint density at radius 2 is 2.06 bits per heavy atom. The lowest BCUT2D eigenvalue weighted by atomic mass is 9.99. The van der Waals surface area contributed by atoms with Crippen LogP contribution in [0, 0.1) is 0 Å². The number of hydrogen-bond donors (Lipinski definition) is 0. The van der Waals surface area contributed by atoms with Gasteiger partial charge in [0.25, 0.3) is 0 Å². The Kier molecular flexibility index (Phi) is 6.55. The van der Waals surface area contributed by atoms with E-state index in [-0.39, 0.29) is 0 Å². The summed E-state index contributed by atoms with van der Waals surface area (Å²) >= 11 is 0. The number of aliphatic imine (C=N–C) groups is 1. The molecule has 0 fully saturated rings. The number of unbranched alkanes of at least 4 members (excludes halogenated alkanes) is 4. The van der Waals surface area contributed by atoms with Crippen molar-refractivity contribution in [2.75, 3.05) is 6.54 Å². The largest absolute Gasteiger partial charge is 0.289 e. The highest BCUT2D eigenvalue weighted by atomic mass is 14.7. The number of rotatable bonds is 6. The van der Waals surface area contributed by atoms with Crippen LogP contribution in [-0.2, 0) is 0 Å². The molecule has 0 aromatic heterocycles. The monoisotopic (exact) mass is 217 g/mol. The Morgan fingerprint density at radius 1 is 1.25 bits per heavy atom. The fourth-order valence-electron chi connectivity index (χ4n) is 1.84. The lowest BCUT2D eigenvalue weighted by molar-refractivity contribution is 0.632. The minimum absolute atomic E-state index is 0.777. The molecule has 1 heterocycles. The Bertz CT molecular complexity index is 295. The highest BCUT2D eigenvalue weighted by Crippen LogP contribution is 2.18. The zero-order chi connectivity index (χ0) is 11.6. The molecule has 0 aliphatic carbocycles. The lowest BCUT2D eigenvalue weighted by Crippen LogP contribution is -1.91. The van der Waals surface area contributed by atoms with Crippen molar-refractivity contribution in [3.63, 3.8) is 0 Å². The van der Waals surface area contributed by atoms with Gasteiger partial charge in [-0.05, 0) is 30.1 Å². The summed E-state index contributed by atoms with van der Waals surface area (Å²) in [5.74, 6) is 0. The van der Waals surface area contributed by atoms with Gasteiger partial charge >= 0.3 is 0 Å². The summed E-state index contributed by atoms with van der Waals surface area (Å²) in [7, 11) is 0. The third kappa shape index (κ3) is 5.11. The summed E-state index contributed by atoms with van der Waals surface area (Å²) < 4.78 is 0. The van der Waals surface area contributed by atoms with Gasteiger partial charge in [0.2, 0.25) is 0 Å². The smallest absolute Gasteiger partial charge is 0.0573 e. The Balaban J connectivity index is 2.33. The summed E-state index contributed by atoms with van der Waals surface area (Å²) in [6, 6.07) is 0. The van der Waals surface area contributed by atoms with Crippen LogP contribution in [0.1, 0.15) is 45.4 Å². The molecule has 88 valence electrons. The fraction of sp³-hybridized carbons (Fsp3) is 0.533. The topological polar surface area (TPSA) is 12.4 Å². The first-order valence-electron chi connectivity index (χ1n) is 6.39. The molecule has 0 aromatic rings. The van der Waals surface area contributed by atoms with E-state index in [9.17, 15) is 0 Å². The van der Waals surface area contributed by atoms with Crippen LogP contribution in [-0.4, -0.2) is 12.8 Å². The van der Waals surface area contributed by atoms with Crippen LogP contribution in [0.2, 0.25) is 0 Å². The van der Waals surface area contributed by atoms with E-state index < -0.39 is 0 Å². The van der Waals surface area contributed by atoms with E-state index in [1.54, 1.807) is 0 Å². The number of allylic oxidation sites excluding steroid dienone is 4. The first-order valence-corrected chi connectivity index (χ1v) is 6.39. The molecule has 0 bridgehead atoms. The van der Waals surface area contributed by atoms with Crippen molar-refractivity contribution in [3.05, 3.63) is 36.0 Å². The Labute approximate surface area is 99.7 Å². The molecular weight excluding hydrogens is 194 g/mol. The van der Waals surface area contributed by atoms with Crippen LogP contribution in [0.3, 0.4) is 0 Å². The van der Waals surface area contributed by atoms with Crippen LogP contribution in [0.5, 0.6) is 0 Å². The van der Waals surface area contributed by atoms with E-state index in [2.05, 4.69) is 36.7 Å². The van der Waals surface area contributed by atoms with Gasteiger partial charge in [0.1, 0.15) is 0 Å². The van der Waals surface area contributed by atoms with E-state index in [0.29, 0.717) is 0 Å². The van der Waals surface area contributed by atoms with Gasteiger partial charge in [-0.25, -0.2) is 0 Å². The molecule has 16 heavy (non-hydrogen) atoms. The Morgan fingerprint density at radius 3 is 2.88 bits per heavy atom. The molecule has 1 aliphatic heterocycles. The van der Waals surface area contributed by atoms with Crippen molar-refractivity contribution in [3.8, 4) is 0 Å². The average molecular weight is 217 g/mol. The first-order chi connectivity index (χ1) is 7.84. The van der Waals surface area contributed by atoms with Crippen molar-refractivity contribution in [1.29, 1.82) is 0 Å². The van der Waals surface area contributed by atoms with Gasteiger partial charge in [0, 0.05) is 6.21 Å². The molecule has 0 saturated carbocycles. The first kappa shape index (κ1) is 13.0. The highest BCUT2D eigenvalue weighted by molar-refractivity contribution is 5.74. The van der Waals surface area contributed by atoms with Gasteiger partial charge in [-0.2, -0.15) is 0 Å². The minimum Gasteiger partial charge on any atom is -0.289 e. The van der Waals surface area contributed by atoms with Crippen LogP contribution in [0.25, 0.3) is 0 Å². The molecule has 0 atom stereocenters. The van der Waals surface area contributed by atoms with Crippen LogP contribution in [0.15, 0.2) is 40.9 Å². The number of nitrogens with zero attached hydrogens (tertiary/aromatic N) is 1. The predicted octanol–water partition coefficient (Wildman–Crippen LogP) is 4.47. The van der Waals surface area contributed by atoms with E-state index in [1.165, 1.54) is 37.7 Å². The van der Waals surface area contributed by atoms with E-state index >= 15 is 0 Å². The number of hydrogen-bond acceptors (Lipinski definition) is 1. The van der Waals surface area contributed by atoms with Crippen molar-refractivity contribution in [1.82, 2.24) is 0 Å². The predicted molar refractivity (Wildman–Crippen MR) is 73.1 cm³/mol. The molecule has 0 N–H and O–H groups in total. The summed E-state index contributed by atoms with van der Waals surface area (Å²) in [5.41, 5.74) is 2.50. The van der Waals surface area contributed by atoms with E-state index in [4.69, 9.17) is 0 Å². The summed E-state index contributed by atoms with van der Waals surface area (Å²) in [4.78, 5) is 4.24. The van der Waals surface area contributed by atoms with Crippen molar-refractivity contribution in [2.24, 2.45) is 4.99 Å². The molecule has 1 aliphatic rings. The van der Waals surface area contributed by atoms with E-state index in [1.807, 2.05) is 6.21 Å². The van der Waals surface area contributed by atoms with Gasteiger partial charge < -0.3 is 0 Å². The summed E-state index contributed by atoms with van der Waals surface area (Å²) in [6.45, 7) is 7.12. The average Bonchev–Trinajstić information content (AvgIpc) is 2.27. The van der Waals surface area contributed by atoms with Crippen molar-refractivity contribution < 1.29 is 0 Å². The van der Waals surface area contributed by atoms with Crippen molar-refractivity contribution >= 4 is 6.21 Å². The Hall–Kier alpha value is -1.11. The highest BCUT2D eigenvalue weighted by Gasteiger charge is 2.00. The van der Waals surface area contributed by atoms with Gasteiger partial charge in [-0.15, -0.1) is 0 Å². The maximum absolute atomic E-state index is 4.24. The molecule has 1 rings (SSSR count). The third-order valence-electron chi connectivity index (χ3n) is 2.87. The fourth-order valence-corrected chi connectivity index (χ4v) is 1.84. The second-order valence-electron chi connectivity index (χ2n) is 4.30.